The monoisotopic (exact) mass is 384 g/mol. The molecule has 1 atom stereocenters. The van der Waals surface area contributed by atoms with Crippen molar-refractivity contribution in [3.63, 3.8) is 0 Å². The Bertz CT molecular complexity index is 723. The first-order valence-corrected chi connectivity index (χ1v) is 10.0. The summed E-state index contributed by atoms with van der Waals surface area (Å²) in [5, 5.41) is 0. The maximum Gasteiger partial charge on any atom is 0.328 e. The number of benzene rings is 1. The highest BCUT2D eigenvalue weighted by Crippen LogP contribution is 2.25. The highest BCUT2D eigenvalue weighted by atomic mass is 16.5. The molecule has 1 aromatic rings. The van der Waals surface area contributed by atoms with E-state index < -0.39 is 6.04 Å². The number of hydrogen-bond donors (Lipinski definition) is 0. The number of piperidine rings is 2. The second kappa shape index (κ2) is 9.53. The van der Waals surface area contributed by atoms with Gasteiger partial charge in [0.05, 0.1) is 7.11 Å². The van der Waals surface area contributed by atoms with E-state index in [0.29, 0.717) is 38.9 Å². The van der Waals surface area contributed by atoms with E-state index in [2.05, 4.69) is 0 Å². The van der Waals surface area contributed by atoms with E-state index in [0.717, 1.165) is 18.4 Å². The van der Waals surface area contributed by atoms with Gasteiger partial charge in [0.25, 0.3) is 0 Å². The van der Waals surface area contributed by atoms with Crippen LogP contribution in [0.25, 0.3) is 6.08 Å². The second-order valence-electron chi connectivity index (χ2n) is 7.41. The summed E-state index contributed by atoms with van der Waals surface area (Å²) in [6.07, 6.45) is 7.19. The van der Waals surface area contributed by atoms with Gasteiger partial charge in [-0.2, -0.15) is 0 Å². The zero-order valence-electron chi connectivity index (χ0n) is 16.4. The van der Waals surface area contributed by atoms with Crippen molar-refractivity contribution in [1.29, 1.82) is 0 Å². The lowest BCUT2D eigenvalue weighted by molar-refractivity contribution is -0.157. The standard InChI is InChI=1S/C22H28N2O4/c1-28-22(27)19-9-5-6-14-24(19)21(26)18-12-15-23(16-13-18)20(25)11-10-17-7-3-2-4-8-17/h2-4,7-8,10-11,18-19H,5-6,9,12-16H2,1H3/b11-10+. The van der Waals surface area contributed by atoms with Crippen molar-refractivity contribution in [2.75, 3.05) is 26.7 Å². The molecule has 2 aliphatic heterocycles. The van der Waals surface area contributed by atoms with E-state index in [1.165, 1.54) is 7.11 Å². The summed E-state index contributed by atoms with van der Waals surface area (Å²) in [5.74, 6) is -0.457. The Kier molecular flexibility index (Phi) is 6.85. The molecule has 0 spiro atoms. The molecule has 1 unspecified atom stereocenters. The van der Waals surface area contributed by atoms with Gasteiger partial charge < -0.3 is 14.5 Å². The molecule has 2 aliphatic rings. The zero-order valence-corrected chi connectivity index (χ0v) is 16.4. The van der Waals surface area contributed by atoms with E-state index in [9.17, 15) is 14.4 Å². The van der Waals surface area contributed by atoms with E-state index >= 15 is 0 Å². The third-order valence-corrected chi connectivity index (χ3v) is 5.63. The molecule has 2 heterocycles. The summed E-state index contributed by atoms with van der Waals surface area (Å²) in [6, 6.07) is 9.25. The molecule has 28 heavy (non-hydrogen) atoms. The van der Waals surface area contributed by atoms with Crippen LogP contribution >= 0.6 is 0 Å². The van der Waals surface area contributed by atoms with Crippen molar-refractivity contribution in [1.82, 2.24) is 9.80 Å². The molecule has 2 amide bonds. The molecule has 2 saturated heterocycles. The van der Waals surface area contributed by atoms with Crippen LogP contribution in [0.15, 0.2) is 36.4 Å². The Morgan fingerprint density at radius 3 is 2.39 bits per heavy atom. The largest absolute Gasteiger partial charge is 0.467 e. The van der Waals surface area contributed by atoms with Crippen LogP contribution in [0.1, 0.15) is 37.7 Å². The molecule has 150 valence electrons. The molecule has 6 heteroatoms. The fourth-order valence-corrected chi connectivity index (χ4v) is 3.99. The van der Waals surface area contributed by atoms with Gasteiger partial charge >= 0.3 is 5.97 Å². The Hall–Kier alpha value is -2.63. The van der Waals surface area contributed by atoms with Crippen molar-refractivity contribution >= 4 is 23.9 Å². The van der Waals surface area contributed by atoms with Crippen LogP contribution in [0, 0.1) is 5.92 Å². The van der Waals surface area contributed by atoms with Crippen molar-refractivity contribution in [2.24, 2.45) is 5.92 Å². The summed E-state index contributed by atoms with van der Waals surface area (Å²) < 4.78 is 4.88. The number of rotatable bonds is 4. The number of hydrogen-bond acceptors (Lipinski definition) is 4. The molecule has 1 aromatic carbocycles. The van der Waals surface area contributed by atoms with Gasteiger partial charge in [0.1, 0.15) is 6.04 Å². The smallest absolute Gasteiger partial charge is 0.328 e. The van der Waals surface area contributed by atoms with E-state index in [1.807, 2.05) is 36.4 Å². The first-order valence-electron chi connectivity index (χ1n) is 10.0. The van der Waals surface area contributed by atoms with Crippen molar-refractivity contribution in [3.05, 3.63) is 42.0 Å². The van der Waals surface area contributed by atoms with Gasteiger partial charge in [-0.05, 0) is 43.7 Å². The average Bonchev–Trinajstić information content (AvgIpc) is 2.77. The number of esters is 1. The van der Waals surface area contributed by atoms with Crippen LogP contribution in [-0.2, 0) is 19.1 Å². The molecular weight excluding hydrogens is 356 g/mol. The summed E-state index contributed by atoms with van der Waals surface area (Å²) in [5.41, 5.74) is 0.986. The number of likely N-dealkylation sites (tertiary alicyclic amines) is 2. The average molecular weight is 384 g/mol. The summed E-state index contributed by atoms with van der Waals surface area (Å²) in [4.78, 5) is 40.9. The van der Waals surface area contributed by atoms with Gasteiger partial charge in [0.15, 0.2) is 0 Å². The van der Waals surface area contributed by atoms with Crippen LogP contribution in [0.4, 0.5) is 0 Å². The fraction of sp³-hybridized carbons (Fsp3) is 0.500. The van der Waals surface area contributed by atoms with Crippen molar-refractivity contribution in [3.8, 4) is 0 Å². The lowest BCUT2D eigenvalue weighted by Gasteiger charge is -2.38. The minimum atomic E-state index is -0.459. The van der Waals surface area contributed by atoms with Crippen LogP contribution in [0.2, 0.25) is 0 Å². The third kappa shape index (κ3) is 4.80. The number of amides is 2. The number of methoxy groups -OCH3 is 1. The molecule has 0 radical (unpaired) electrons. The van der Waals surface area contributed by atoms with Gasteiger partial charge in [-0.25, -0.2) is 4.79 Å². The molecule has 0 N–H and O–H groups in total. The number of carbonyl (C=O) groups is 3. The van der Waals surface area contributed by atoms with Gasteiger partial charge in [-0.15, -0.1) is 0 Å². The molecule has 0 aromatic heterocycles. The van der Waals surface area contributed by atoms with Crippen LogP contribution < -0.4 is 0 Å². The number of carbonyl (C=O) groups excluding carboxylic acids is 3. The van der Waals surface area contributed by atoms with Crippen LogP contribution in [0.3, 0.4) is 0 Å². The van der Waals surface area contributed by atoms with Crippen molar-refractivity contribution < 1.29 is 19.1 Å². The summed E-state index contributed by atoms with van der Waals surface area (Å²) in [6.45, 7) is 1.73. The van der Waals surface area contributed by atoms with Gasteiger partial charge in [0.2, 0.25) is 11.8 Å². The van der Waals surface area contributed by atoms with Crippen LogP contribution in [0.5, 0.6) is 0 Å². The molecule has 0 saturated carbocycles. The highest BCUT2D eigenvalue weighted by molar-refractivity contribution is 5.92. The minimum absolute atomic E-state index is 0.0276. The first-order chi connectivity index (χ1) is 13.6. The Labute approximate surface area is 166 Å². The Morgan fingerprint density at radius 2 is 1.71 bits per heavy atom. The topological polar surface area (TPSA) is 66.9 Å². The Morgan fingerprint density at radius 1 is 1.00 bits per heavy atom. The van der Waals surface area contributed by atoms with Crippen molar-refractivity contribution in [2.45, 2.75) is 38.1 Å². The summed E-state index contributed by atoms with van der Waals surface area (Å²) >= 11 is 0. The van der Waals surface area contributed by atoms with E-state index in [4.69, 9.17) is 4.74 Å². The highest BCUT2D eigenvalue weighted by Gasteiger charge is 2.37. The molecule has 6 nitrogen and oxygen atoms in total. The van der Waals surface area contributed by atoms with Gasteiger partial charge in [-0.3, -0.25) is 9.59 Å². The van der Waals surface area contributed by atoms with E-state index in [-0.39, 0.29) is 23.7 Å². The molecular formula is C22H28N2O4. The maximum atomic E-state index is 13.0. The molecule has 0 bridgehead atoms. The lowest BCUT2D eigenvalue weighted by Crippen LogP contribution is -2.52. The number of ether oxygens (including phenoxy) is 1. The third-order valence-electron chi connectivity index (χ3n) is 5.63. The molecule has 2 fully saturated rings. The number of nitrogens with zero attached hydrogens (tertiary/aromatic N) is 2. The fourth-order valence-electron chi connectivity index (χ4n) is 3.99. The SMILES string of the molecule is COC(=O)C1CCCCN1C(=O)C1CCN(C(=O)/C=C/c2ccccc2)CC1. The van der Waals surface area contributed by atoms with Gasteiger partial charge in [-0.1, -0.05) is 30.3 Å². The lowest BCUT2D eigenvalue weighted by atomic mass is 9.92. The Balaban J connectivity index is 1.54. The first kappa shape index (κ1) is 20.1. The summed E-state index contributed by atoms with van der Waals surface area (Å²) in [7, 11) is 1.37. The second-order valence-corrected chi connectivity index (χ2v) is 7.41. The zero-order chi connectivity index (χ0) is 19.9. The molecule has 0 aliphatic carbocycles. The molecule has 3 rings (SSSR count). The quantitative estimate of drug-likeness (QED) is 0.591. The predicted molar refractivity (Wildman–Crippen MR) is 106 cm³/mol. The van der Waals surface area contributed by atoms with Crippen LogP contribution in [-0.4, -0.2) is 60.4 Å². The normalized spacial score (nSPS) is 21.0. The minimum Gasteiger partial charge on any atom is -0.467 e. The predicted octanol–water partition coefficient (Wildman–Crippen LogP) is 2.49. The maximum absolute atomic E-state index is 13.0. The van der Waals surface area contributed by atoms with E-state index in [1.54, 1.807) is 15.9 Å². The van der Waals surface area contributed by atoms with Gasteiger partial charge in [0, 0.05) is 31.6 Å².